The third kappa shape index (κ3) is 2.84. The Morgan fingerprint density at radius 3 is 3.04 bits per heavy atom. The van der Waals surface area contributed by atoms with Crippen LogP contribution in [0, 0.1) is 0 Å². The summed E-state index contributed by atoms with van der Waals surface area (Å²) < 4.78 is 26.9. The molecule has 0 spiro atoms. The van der Waals surface area contributed by atoms with Gasteiger partial charge < -0.3 is 10.6 Å². The predicted molar refractivity (Wildman–Crippen MR) is 96.7 cm³/mol. The van der Waals surface area contributed by atoms with E-state index in [-0.39, 0.29) is 18.6 Å². The molecule has 136 valence electrons. The molecule has 0 aromatic carbocycles. The van der Waals surface area contributed by atoms with Crippen molar-refractivity contribution in [3.63, 3.8) is 0 Å². The molecule has 10 heteroatoms. The fourth-order valence-corrected chi connectivity index (χ4v) is 6.31. The molecular weight excluding hydrogens is 374 g/mol. The Kier molecular flexibility index (Phi) is 4.16. The fourth-order valence-electron chi connectivity index (χ4n) is 3.08. The molecule has 0 fully saturated rings. The number of nitrogens with one attached hydrogen (secondary N) is 2. The van der Waals surface area contributed by atoms with Crippen molar-refractivity contribution in [2.45, 2.75) is 35.4 Å². The van der Waals surface area contributed by atoms with Gasteiger partial charge in [0.2, 0.25) is 0 Å². The highest BCUT2D eigenvalue weighted by atomic mass is 32.2. The molecule has 8 nitrogen and oxygen atoms in total. The van der Waals surface area contributed by atoms with Gasteiger partial charge in [0.1, 0.15) is 4.21 Å². The van der Waals surface area contributed by atoms with Gasteiger partial charge in [0.05, 0.1) is 17.8 Å². The van der Waals surface area contributed by atoms with E-state index >= 15 is 0 Å². The minimum atomic E-state index is -3.29. The highest BCUT2D eigenvalue weighted by Gasteiger charge is 2.37. The number of fused-ring (bicyclic) bond motifs is 2. The third-order valence-corrected chi connectivity index (χ3v) is 8.20. The smallest absolute Gasteiger partial charge is 0.315 e. The lowest BCUT2D eigenvalue weighted by atomic mass is 10.1. The van der Waals surface area contributed by atoms with E-state index in [1.807, 2.05) is 24.4 Å². The third-order valence-electron chi connectivity index (χ3n) is 4.49. The first-order chi connectivity index (χ1) is 12.5. The molecule has 3 aromatic rings. The minimum Gasteiger partial charge on any atom is -0.331 e. The summed E-state index contributed by atoms with van der Waals surface area (Å²) in [5, 5.41) is 15.0. The number of rotatable bonds is 3. The number of thiophene rings is 1. The van der Waals surface area contributed by atoms with E-state index in [0.717, 1.165) is 0 Å². The molecule has 0 saturated heterocycles. The molecule has 0 aliphatic carbocycles. The maximum absolute atomic E-state index is 12.4. The number of pyridine rings is 1. The fraction of sp³-hybridized carbons (Fsp3) is 0.312. The van der Waals surface area contributed by atoms with Gasteiger partial charge >= 0.3 is 6.03 Å². The Morgan fingerprint density at radius 2 is 2.19 bits per heavy atom. The molecule has 4 heterocycles. The quantitative estimate of drug-likeness (QED) is 0.709. The van der Waals surface area contributed by atoms with Gasteiger partial charge in [0.15, 0.2) is 21.3 Å². The van der Waals surface area contributed by atoms with Crippen LogP contribution in [-0.2, 0) is 16.4 Å². The number of urea groups is 1. The predicted octanol–water partition coefficient (Wildman–Crippen LogP) is 1.90. The van der Waals surface area contributed by atoms with Gasteiger partial charge in [0, 0.05) is 11.8 Å². The summed E-state index contributed by atoms with van der Waals surface area (Å²) in [6, 6.07) is 6.63. The molecule has 0 radical (unpaired) electrons. The van der Waals surface area contributed by atoms with Crippen molar-refractivity contribution in [3.8, 4) is 0 Å². The number of sulfone groups is 1. The van der Waals surface area contributed by atoms with E-state index in [2.05, 4.69) is 20.8 Å². The first kappa shape index (κ1) is 17.0. The lowest BCUT2D eigenvalue weighted by Gasteiger charge is -2.27. The molecule has 4 rings (SSSR count). The van der Waals surface area contributed by atoms with Crippen LogP contribution in [0.25, 0.3) is 5.65 Å². The molecule has 0 saturated carbocycles. The molecule has 1 aliphatic rings. The number of hydrogen-bond acceptors (Lipinski definition) is 6. The molecule has 3 aromatic heterocycles. The number of amides is 2. The van der Waals surface area contributed by atoms with Crippen molar-refractivity contribution in [2.24, 2.45) is 0 Å². The van der Waals surface area contributed by atoms with E-state index in [4.69, 9.17) is 0 Å². The van der Waals surface area contributed by atoms with Crippen molar-refractivity contribution >= 4 is 32.9 Å². The highest BCUT2D eigenvalue weighted by molar-refractivity contribution is 7.94. The largest absolute Gasteiger partial charge is 0.331 e. The lowest BCUT2D eigenvalue weighted by Crippen LogP contribution is -2.41. The van der Waals surface area contributed by atoms with E-state index in [1.54, 1.807) is 22.8 Å². The first-order valence-corrected chi connectivity index (χ1v) is 10.5. The number of nitrogens with zero attached hydrogens (tertiary/aromatic N) is 3. The van der Waals surface area contributed by atoms with Crippen LogP contribution in [0.5, 0.6) is 0 Å². The topological polar surface area (TPSA) is 105 Å². The van der Waals surface area contributed by atoms with Gasteiger partial charge in [-0.25, -0.2) is 13.2 Å². The first-order valence-electron chi connectivity index (χ1n) is 8.11. The Bertz CT molecular complexity index is 1070. The Labute approximate surface area is 154 Å². The van der Waals surface area contributed by atoms with Gasteiger partial charge in [-0.3, -0.25) is 4.40 Å². The van der Waals surface area contributed by atoms with Gasteiger partial charge in [-0.05, 0) is 36.9 Å². The molecule has 0 unspecified atom stereocenters. The maximum Gasteiger partial charge on any atom is 0.315 e. The summed E-state index contributed by atoms with van der Waals surface area (Å²) in [7, 11) is -3.29. The van der Waals surface area contributed by atoms with Crippen LogP contribution in [0.15, 0.2) is 40.1 Å². The van der Waals surface area contributed by atoms with Crippen molar-refractivity contribution in [1.29, 1.82) is 0 Å². The van der Waals surface area contributed by atoms with Gasteiger partial charge in [0.25, 0.3) is 0 Å². The summed E-state index contributed by atoms with van der Waals surface area (Å²) in [5.41, 5.74) is 1.37. The van der Waals surface area contributed by atoms with Crippen LogP contribution >= 0.6 is 11.3 Å². The lowest BCUT2D eigenvalue weighted by molar-refractivity contribution is 0.235. The average molecular weight is 391 g/mol. The van der Waals surface area contributed by atoms with E-state index in [0.29, 0.717) is 27.7 Å². The summed E-state index contributed by atoms with van der Waals surface area (Å²) in [5.74, 6) is 0.617. The number of carbonyl (C=O) groups excluding carboxylic acids is 1. The van der Waals surface area contributed by atoms with Crippen LogP contribution in [0.2, 0.25) is 0 Å². The average Bonchev–Trinajstić information content (AvgIpc) is 3.26. The SMILES string of the molecule is C[C@H]1C[C@H](NC(=O)NCc2nnc3ccccn23)c2ccsc2S1(=O)=O. The van der Waals surface area contributed by atoms with Crippen molar-refractivity contribution < 1.29 is 13.2 Å². The van der Waals surface area contributed by atoms with Crippen LogP contribution in [0.1, 0.15) is 30.8 Å². The second-order valence-corrected chi connectivity index (χ2v) is 9.66. The minimum absolute atomic E-state index is 0.216. The Hall–Kier alpha value is -2.46. The van der Waals surface area contributed by atoms with E-state index in [1.165, 1.54) is 11.3 Å². The zero-order valence-corrected chi connectivity index (χ0v) is 15.5. The van der Waals surface area contributed by atoms with E-state index in [9.17, 15) is 13.2 Å². The van der Waals surface area contributed by atoms with Gasteiger partial charge in [-0.15, -0.1) is 21.5 Å². The number of carbonyl (C=O) groups is 1. The van der Waals surface area contributed by atoms with Crippen molar-refractivity contribution in [2.75, 3.05) is 0 Å². The Balaban J connectivity index is 1.46. The molecular formula is C16H17N5O3S2. The van der Waals surface area contributed by atoms with Crippen LogP contribution in [0.3, 0.4) is 0 Å². The molecule has 2 atom stereocenters. The molecule has 2 amide bonds. The normalized spacial score (nSPS) is 21.3. The zero-order chi connectivity index (χ0) is 18.3. The molecule has 1 aliphatic heterocycles. The zero-order valence-electron chi connectivity index (χ0n) is 13.9. The molecule has 2 N–H and O–H groups in total. The monoisotopic (exact) mass is 391 g/mol. The van der Waals surface area contributed by atoms with Gasteiger partial charge in [-0.1, -0.05) is 6.07 Å². The summed E-state index contributed by atoms with van der Waals surface area (Å²) in [6.07, 6.45) is 2.18. The molecule has 0 bridgehead atoms. The van der Waals surface area contributed by atoms with E-state index < -0.39 is 15.1 Å². The summed E-state index contributed by atoms with van der Waals surface area (Å²) in [6.45, 7) is 1.89. The van der Waals surface area contributed by atoms with Crippen molar-refractivity contribution in [3.05, 3.63) is 47.2 Å². The second kappa shape index (κ2) is 6.36. The highest BCUT2D eigenvalue weighted by Crippen LogP contribution is 2.39. The van der Waals surface area contributed by atoms with Crippen LogP contribution in [0.4, 0.5) is 4.79 Å². The Morgan fingerprint density at radius 1 is 1.35 bits per heavy atom. The standard InChI is InChI=1S/C16H17N5O3S2/c1-10-8-12(11-5-7-25-15(11)26(10,23)24)18-16(22)17-9-14-20-19-13-4-2-3-6-21(13)14/h2-7,10,12H,8-9H2,1H3,(H2,17,18,22)/t10-,12-/m0/s1. The number of aromatic nitrogens is 3. The van der Waals surface area contributed by atoms with Crippen LogP contribution < -0.4 is 10.6 Å². The van der Waals surface area contributed by atoms with Gasteiger partial charge in [-0.2, -0.15) is 0 Å². The maximum atomic E-state index is 12.4. The second-order valence-electron chi connectivity index (χ2n) is 6.18. The molecule has 26 heavy (non-hydrogen) atoms. The van der Waals surface area contributed by atoms with Crippen LogP contribution in [-0.4, -0.2) is 34.3 Å². The number of hydrogen-bond donors (Lipinski definition) is 2. The van der Waals surface area contributed by atoms with Crippen molar-refractivity contribution in [1.82, 2.24) is 25.2 Å². The summed E-state index contributed by atoms with van der Waals surface area (Å²) in [4.78, 5) is 12.3. The summed E-state index contributed by atoms with van der Waals surface area (Å²) >= 11 is 1.20.